The summed E-state index contributed by atoms with van der Waals surface area (Å²) in [6.07, 6.45) is 1.81. The summed E-state index contributed by atoms with van der Waals surface area (Å²) >= 11 is 7.76. The minimum absolute atomic E-state index is 0.0548. The van der Waals surface area contributed by atoms with Crippen molar-refractivity contribution in [1.82, 2.24) is 4.98 Å². The van der Waals surface area contributed by atoms with E-state index in [0.717, 1.165) is 17.5 Å². The first-order valence-electron chi connectivity index (χ1n) is 9.83. The predicted molar refractivity (Wildman–Crippen MR) is 121 cm³/mol. The lowest BCUT2D eigenvalue weighted by Crippen LogP contribution is -2.37. The smallest absolute Gasteiger partial charge is 0.260 e. The first kappa shape index (κ1) is 21.7. The quantitative estimate of drug-likeness (QED) is 0.502. The summed E-state index contributed by atoms with van der Waals surface area (Å²) in [4.78, 5) is 20.0. The lowest BCUT2D eigenvalue weighted by atomic mass is 10.1. The number of methoxy groups -OCH3 is 3. The second-order valence-corrected chi connectivity index (χ2v) is 8.46. The molecule has 1 aromatic heterocycles. The second-order valence-electron chi connectivity index (χ2n) is 7.08. The molecule has 2 aromatic carbocycles. The standard InChI is InChI=1S/C22H23ClN2O5S/c1-27-15-9-13(10-16(11-15)28-2)21(26)25(12-14-5-4-8-30-14)22-24-19-18(29-3)7-6-17(23)20(19)31-22/h6-7,9-11,14H,4-5,8,12H2,1-3H3. The van der Waals surface area contributed by atoms with Crippen LogP contribution in [0.3, 0.4) is 0 Å². The van der Waals surface area contributed by atoms with Gasteiger partial charge in [-0.25, -0.2) is 4.98 Å². The number of thiazole rings is 1. The number of anilines is 1. The van der Waals surface area contributed by atoms with E-state index in [-0.39, 0.29) is 12.0 Å². The van der Waals surface area contributed by atoms with Gasteiger partial charge in [-0.15, -0.1) is 0 Å². The van der Waals surface area contributed by atoms with Crippen LogP contribution in [0.25, 0.3) is 10.2 Å². The number of carbonyl (C=O) groups is 1. The van der Waals surface area contributed by atoms with Crippen molar-refractivity contribution in [2.75, 3.05) is 39.4 Å². The SMILES string of the molecule is COc1cc(OC)cc(C(=O)N(CC2CCCO2)c2nc3c(OC)ccc(Cl)c3s2)c1. The summed E-state index contributed by atoms with van der Waals surface area (Å²) in [5.74, 6) is 1.46. The fourth-order valence-electron chi connectivity index (χ4n) is 3.55. The average Bonchev–Trinajstić information content (AvgIpc) is 3.47. The normalized spacial score (nSPS) is 15.8. The Labute approximate surface area is 189 Å². The maximum atomic E-state index is 13.6. The lowest BCUT2D eigenvalue weighted by Gasteiger charge is -2.23. The largest absolute Gasteiger partial charge is 0.497 e. The molecular weight excluding hydrogens is 440 g/mol. The minimum Gasteiger partial charge on any atom is -0.497 e. The van der Waals surface area contributed by atoms with Crippen molar-refractivity contribution in [3.63, 3.8) is 0 Å². The molecule has 7 nitrogen and oxygen atoms in total. The Hall–Kier alpha value is -2.55. The average molecular weight is 463 g/mol. The van der Waals surface area contributed by atoms with Gasteiger partial charge in [0.1, 0.15) is 22.8 Å². The highest BCUT2D eigenvalue weighted by atomic mass is 35.5. The number of benzene rings is 2. The molecule has 0 spiro atoms. The Bertz CT molecular complexity index is 1070. The fourth-order valence-corrected chi connectivity index (χ4v) is 4.81. The van der Waals surface area contributed by atoms with Gasteiger partial charge >= 0.3 is 0 Å². The summed E-state index contributed by atoms with van der Waals surface area (Å²) in [7, 11) is 4.68. The molecule has 3 aromatic rings. The molecule has 1 unspecified atom stereocenters. The zero-order chi connectivity index (χ0) is 22.0. The lowest BCUT2D eigenvalue weighted by molar-refractivity contribution is 0.0917. The summed E-state index contributed by atoms with van der Waals surface area (Å²) in [5.41, 5.74) is 1.06. The molecule has 1 aliphatic rings. The minimum atomic E-state index is -0.221. The number of amides is 1. The van der Waals surface area contributed by atoms with Gasteiger partial charge in [0.15, 0.2) is 5.13 Å². The zero-order valence-electron chi connectivity index (χ0n) is 17.5. The molecule has 0 N–H and O–H groups in total. The van der Waals surface area contributed by atoms with Crippen LogP contribution in [0.15, 0.2) is 30.3 Å². The molecule has 31 heavy (non-hydrogen) atoms. The van der Waals surface area contributed by atoms with Gasteiger partial charge in [-0.3, -0.25) is 9.69 Å². The van der Waals surface area contributed by atoms with Crippen LogP contribution in [-0.4, -0.2) is 51.5 Å². The van der Waals surface area contributed by atoms with E-state index in [9.17, 15) is 4.79 Å². The highest BCUT2D eigenvalue weighted by Gasteiger charge is 2.28. The second kappa shape index (κ2) is 9.30. The third-order valence-corrected chi connectivity index (χ3v) is 6.69. The fraction of sp³-hybridized carbons (Fsp3) is 0.364. The van der Waals surface area contributed by atoms with E-state index in [0.29, 0.717) is 51.6 Å². The third-order valence-electron chi connectivity index (χ3n) is 5.15. The number of fused-ring (bicyclic) bond motifs is 1. The van der Waals surface area contributed by atoms with Crippen LogP contribution in [-0.2, 0) is 4.74 Å². The van der Waals surface area contributed by atoms with Gasteiger partial charge in [0.2, 0.25) is 0 Å². The van der Waals surface area contributed by atoms with Gasteiger partial charge in [0, 0.05) is 18.2 Å². The van der Waals surface area contributed by atoms with Gasteiger partial charge in [-0.1, -0.05) is 22.9 Å². The number of ether oxygens (including phenoxy) is 4. The number of aromatic nitrogens is 1. The van der Waals surface area contributed by atoms with E-state index in [1.807, 2.05) is 0 Å². The molecule has 2 heterocycles. The van der Waals surface area contributed by atoms with E-state index in [2.05, 4.69) is 0 Å². The van der Waals surface area contributed by atoms with Crippen LogP contribution in [0.4, 0.5) is 5.13 Å². The number of hydrogen-bond donors (Lipinski definition) is 0. The molecule has 1 aliphatic heterocycles. The van der Waals surface area contributed by atoms with E-state index >= 15 is 0 Å². The molecule has 164 valence electrons. The Morgan fingerprint density at radius 3 is 2.55 bits per heavy atom. The Morgan fingerprint density at radius 2 is 1.94 bits per heavy atom. The zero-order valence-corrected chi connectivity index (χ0v) is 19.1. The maximum absolute atomic E-state index is 13.6. The van der Waals surface area contributed by atoms with Gasteiger partial charge in [0.25, 0.3) is 5.91 Å². The Morgan fingerprint density at radius 1 is 1.19 bits per heavy atom. The Balaban J connectivity index is 1.79. The van der Waals surface area contributed by atoms with Gasteiger partial charge in [0.05, 0.1) is 43.7 Å². The van der Waals surface area contributed by atoms with E-state index in [1.54, 1.807) is 56.6 Å². The summed E-state index contributed by atoms with van der Waals surface area (Å²) in [5, 5.41) is 1.09. The van der Waals surface area contributed by atoms with Gasteiger partial charge in [-0.2, -0.15) is 0 Å². The molecule has 1 amide bonds. The molecule has 1 atom stereocenters. The first-order valence-corrected chi connectivity index (χ1v) is 11.0. The molecule has 4 rings (SSSR count). The topological polar surface area (TPSA) is 70.1 Å². The summed E-state index contributed by atoms with van der Waals surface area (Å²) in [6.45, 7) is 1.08. The number of hydrogen-bond acceptors (Lipinski definition) is 7. The molecule has 1 fully saturated rings. The van der Waals surface area contributed by atoms with E-state index in [4.69, 9.17) is 35.5 Å². The molecule has 0 bridgehead atoms. The van der Waals surface area contributed by atoms with Crippen molar-refractivity contribution < 1.29 is 23.7 Å². The van der Waals surface area contributed by atoms with Crippen molar-refractivity contribution in [1.29, 1.82) is 0 Å². The highest BCUT2D eigenvalue weighted by molar-refractivity contribution is 7.23. The molecular formula is C22H23ClN2O5S. The number of rotatable bonds is 7. The summed E-state index contributed by atoms with van der Waals surface area (Å²) in [6, 6.07) is 8.64. The highest BCUT2D eigenvalue weighted by Crippen LogP contribution is 2.39. The molecule has 0 saturated carbocycles. The molecule has 9 heteroatoms. The monoisotopic (exact) mass is 462 g/mol. The van der Waals surface area contributed by atoms with Crippen LogP contribution in [0.1, 0.15) is 23.2 Å². The van der Waals surface area contributed by atoms with Crippen molar-refractivity contribution in [2.45, 2.75) is 18.9 Å². The van der Waals surface area contributed by atoms with Crippen molar-refractivity contribution >= 4 is 44.2 Å². The maximum Gasteiger partial charge on any atom is 0.260 e. The predicted octanol–water partition coefficient (Wildman–Crippen LogP) is 4.80. The van der Waals surface area contributed by atoms with Crippen LogP contribution >= 0.6 is 22.9 Å². The van der Waals surface area contributed by atoms with Crippen molar-refractivity contribution in [3.05, 3.63) is 40.9 Å². The van der Waals surface area contributed by atoms with Crippen LogP contribution < -0.4 is 19.1 Å². The third kappa shape index (κ3) is 4.42. The molecule has 0 radical (unpaired) electrons. The van der Waals surface area contributed by atoms with Gasteiger partial charge < -0.3 is 18.9 Å². The van der Waals surface area contributed by atoms with Crippen LogP contribution in [0, 0.1) is 0 Å². The molecule has 0 aliphatic carbocycles. The van der Waals surface area contributed by atoms with Gasteiger partial charge in [-0.05, 0) is 37.1 Å². The number of nitrogens with zero attached hydrogens (tertiary/aromatic N) is 2. The first-order chi connectivity index (χ1) is 15.0. The van der Waals surface area contributed by atoms with Crippen molar-refractivity contribution in [2.24, 2.45) is 0 Å². The number of halogens is 1. The van der Waals surface area contributed by atoms with E-state index in [1.165, 1.54) is 11.3 Å². The number of carbonyl (C=O) groups excluding carboxylic acids is 1. The van der Waals surface area contributed by atoms with Crippen molar-refractivity contribution in [3.8, 4) is 17.2 Å². The van der Waals surface area contributed by atoms with Crippen LogP contribution in [0.2, 0.25) is 5.02 Å². The van der Waals surface area contributed by atoms with E-state index < -0.39 is 0 Å². The molecule has 1 saturated heterocycles. The Kier molecular flexibility index (Phi) is 6.50. The van der Waals surface area contributed by atoms with Crippen LogP contribution in [0.5, 0.6) is 17.2 Å². The summed E-state index contributed by atoms with van der Waals surface area (Å²) < 4.78 is 22.7.